The van der Waals surface area contributed by atoms with E-state index in [1.54, 1.807) is 0 Å². The molecule has 168 valence electrons. The molecule has 3 aromatic rings. The topological polar surface area (TPSA) is 104 Å². The van der Waals surface area contributed by atoms with Gasteiger partial charge in [-0.15, -0.1) is 0 Å². The van der Waals surface area contributed by atoms with Gasteiger partial charge in [-0.05, 0) is 57.3 Å². The number of fused-ring (bicyclic) bond motifs is 2. The molecule has 5 rings (SSSR count). The monoisotopic (exact) mass is 434 g/mol. The van der Waals surface area contributed by atoms with Crippen LogP contribution in [-0.2, 0) is 6.42 Å². The fourth-order valence-electron chi connectivity index (χ4n) is 5.18. The molecule has 1 saturated heterocycles. The molecule has 7 nitrogen and oxygen atoms in total. The number of para-hydroxylation sites is 1. The summed E-state index contributed by atoms with van der Waals surface area (Å²) >= 11 is 0. The van der Waals surface area contributed by atoms with E-state index in [2.05, 4.69) is 26.3 Å². The van der Waals surface area contributed by atoms with Crippen molar-refractivity contribution in [2.75, 3.05) is 26.2 Å². The summed E-state index contributed by atoms with van der Waals surface area (Å²) in [5.74, 6) is -0.0292. The highest BCUT2D eigenvalue weighted by Crippen LogP contribution is 2.41. The largest absolute Gasteiger partial charge is 0.494 e. The number of β-amino-alcohol motifs (C(OH)–C–C–N with tert-alkyl or cyclic N) is 1. The summed E-state index contributed by atoms with van der Waals surface area (Å²) in [5.41, 5.74) is 5.86. The van der Waals surface area contributed by atoms with Gasteiger partial charge in [0.05, 0.1) is 22.9 Å². The second-order valence-electron chi connectivity index (χ2n) is 8.90. The fourth-order valence-corrected chi connectivity index (χ4v) is 5.18. The molecule has 32 heavy (non-hydrogen) atoms. The van der Waals surface area contributed by atoms with Crippen molar-refractivity contribution in [1.82, 2.24) is 20.2 Å². The van der Waals surface area contributed by atoms with Crippen molar-refractivity contribution >= 4 is 22.4 Å². The van der Waals surface area contributed by atoms with E-state index in [-0.39, 0.29) is 18.3 Å². The van der Waals surface area contributed by atoms with Crippen LogP contribution in [0.15, 0.2) is 30.3 Å². The first-order chi connectivity index (χ1) is 15.5. The average molecular weight is 435 g/mol. The Hall–Kier alpha value is -3.03. The maximum atomic E-state index is 13.1. The third-order valence-electron chi connectivity index (χ3n) is 6.65. The molecule has 0 radical (unpaired) electrons. The Morgan fingerprint density at radius 1 is 1.22 bits per heavy atom. The van der Waals surface area contributed by atoms with E-state index in [1.165, 1.54) is 12.8 Å². The van der Waals surface area contributed by atoms with Gasteiger partial charge in [0.1, 0.15) is 0 Å². The number of aliphatic hydroxyl groups is 1. The van der Waals surface area contributed by atoms with Crippen LogP contribution in [0.5, 0.6) is 5.88 Å². The van der Waals surface area contributed by atoms with E-state index in [0.717, 1.165) is 64.9 Å². The maximum Gasteiger partial charge on any atom is 0.253 e. The molecule has 1 atom stereocenters. The number of hydrogen-bond acceptors (Lipinski definition) is 4. The van der Waals surface area contributed by atoms with E-state index in [4.69, 9.17) is 0 Å². The summed E-state index contributed by atoms with van der Waals surface area (Å²) < 4.78 is 0. The minimum atomic E-state index is -0.578. The Morgan fingerprint density at radius 3 is 2.81 bits per heavy atom. The number of H-pyrrole nitrogens is 2. The molecule has 0 bridgehead atoms. The number of aryl methyl sites for hydroxylation is 1. The zero-order chi connectivity index (χ0) is 22.2. The first-order valence-electron chi connectivity index (χ1n) is 11.4. The number of rotatable bonds is 6. The molecule has 7 heteroatoms. The van der Waals surface area contributed by atoms with Gasteiger partial charge in [-0.25, -0.2) is 0 Å². The average Bonchev–Trinajstić information content (AvgIpc) is 3.48. The van der Waals surface area contributed by atoms with Crippen LogP contribution >= 0.6 is 0 Å². The minimum absolute atomic E-state index is 0.133. The molecule has 0 saturated carbocycles. The number of allylic oxidation sites excluding steroid dienone is 1. The number of benzene rings is 1. The zero-order valence-electron chi connectivity index (χ0n) is 18.4. The van der Waals surface area contributed by atoms with Crippen molar-refractivity contribution in [3.05, 3.63) is 58.4 Å². The molecule has 2 aliphatic rings. The molecule has 0 spiro atoms. The number of likely N-dealkylation sites (tertiary alicyclic amines) is 1. The van der Waals surface area contributed by atoms with E-state index in [0.29, 0.717) is 12.1 Å². The lowest BCUT2D eigenvalue weighted by Gasteiger charge is -2.20. The number of aromatic hydroxyl groups is 1. The number of nitrogens with one attached hydrogen (secondary N) is 3. The minimum Gasteiger partial charge on any atom is -0.494 e. The summed E-state index contributed by atoms with van der Waals surface area (Å²) in [6.07, 6.45) is 5.44. The Morgan fingerprint density at radius 2 is 2.00 bits per heavy atom. The van der Waals surface area contributed by atoms with Gasteiger partial charge in [0.2, 0.25) is 0 Å². The second-order valence-corrected chi connectivity index (χ2v) is 8.90. The van der Waals surface area contributed by atoms with E-state index < -0.39 is 6.10 Å². The Balaban J connectivity index is 1.39. The molecule has 1 aromatic carbocycles. The molecule has 1 fully saturated rings. The predicted octanol–water partition coefficient (Wildman–Crippen LogP) is 3.07. The van der Waals surface area contributed by atoms with Crippen molar-refractivity contribution in [2.24, 2.45) is 0 Å². The lowest BCUT2D eigenvalue weighted by molar-refractivity contribution is 0.0878. The normalized spacial score (nSPS) is 17.4. The molecule has 3 heterocycles. The van der Waals surface area contributed by atoms with Gasteiger partial charge in [-0.1, -0.05) is 24.3 Å². The third kappa shape index (κ3) is 3.72. The second kappa shape index (κ2) is 8.48. The quantitative estimate of drug-likeness (QED) is 0.411. The highest BCUT2D eigenvalue weighted by molar-refractivity contribution is 6.03. The van der Waals surface area contributed by atoms with E-state index in [9.17, 15) is 15.0 Å². The highest BCUT2D eigenvalue weighted by Gasteiger charge is 2.28. The van der Waals surface area contributed by atoms with Gasteiger partial charge in [0, 0.05) is 35.3 Å². The van der Waals surface area contributed by atoms with Crippen LogP contribution in [0.4, 0.5) is 0 Å². The van der Waals surface area contributed by atoms with Crippen molar-refractivity contribution in [3.63, 3.8) is 0 Å². The Labute approximate surface area is 187 Å². The smallest absolute Gasteiger partial charge is 0.253 e. The standard InChI is InChI=1S/C25H30N4O3/c1-15-21(24(31)26-13-16(30)14-29-11-4-5-12-29)18-8-6-9-19(23(18)27-15)22-17-7-2-3-10-20(17)28-25(22)32/h2-3,7,9-10,16,27-28,30,32H,4-6,8,11-14H2,1H3,(H,26,31). The summed E-state index contributed by atoms with van der Waals surface area (Å²) in [7, 11) is 0. The molecule has 1 aliphatic heterocycles. The third-order valence-corrected chi connectivity index (χ3v) is 6.65. The highest BCUT2D eigenvalue weighted by atomic mass is 16.3. The first-order valence-corrected chi connectivity index (χ1v) is 11.4. The van der Waals surface area contributed by atoms with Crippen molar-refractivity contribution in [1.29, 1.82) is 0 Å². The molecule has 5 N–H and O–H groups in total. The number of hydrogen-bond donors (Lipinski definition) is 5. The number of aromatic amines is 2. The maximum absolute atomic E-state index is 13.1. The van der Waals surface area contributed by atoms with Gasteiger partial charge in [-0.3, -0.25) is 4.79 Å². The van der Waals surface area contributed by atoms with Crippen LogP contribution in [-0.4, -0.2) is 63.3 Å². The van der Waals surface area contributed by atoms with Gasteiger partial charge in [0.15, 0.2) is 5.88 Å². The van der Waals surface area contributed by atoms with Crippen LogP contribution < -0.4 is 5.32 Å². The number of nitrogens with zero attached hydrogens (tertiary/aromatic N) is 1. The number of aromatic nitrogens is 2. The number of aliphatic hydroxyl groups excluding tert-OH is 1. The van der Waals surface area contributed by atoms with E-state index in [1.807, 2.05) is 31.2 Å². The van der Waals surface area contributed by atoms with Crippen LogP contribution in [0.25, 0.3) is 16.5 Å². The van der Waals surface area contributed by atoms with Gasteiger partial charge < -0.3 is 30.4 Å². The number of carbonyl (C=O) groups is 1. The van der Waals surface area contributed by atoms with Crippen LogP contribution in [0.1, 0.15) is 52.1 Å². The number of amides is 1. The Kier molecular flexibility index (Phi) is 5.53. The summed E-state index contributed by atoms with van der Waals surface area (Å²) in [5, 5.41) is 24.9. The summed E-state index contributed by atoms with van der Waals surface area (Å²) in [6.45, 7) is 4.77. The van der Waals surface area contributed by atoms with Gasteiger partial charge in [0.25, 0.3) is 5.91 Å². The SMILES string of the molecule is Cc1[nH]c2c(c1C(=O)NCC(O)CN1CCCC1)CCC=C2c1c(O)[nH]c2ccccc12. The zero-order valence-corrected chi connectivity index (χ0v) is 18.4. The van der Waals surface area contributed by atoms with Gasteiger partial charge >= 0.3 is 0 Å². The predicted molar refractivity (Wildman–Crippen MR) is 125 cm³/mol. The molecule has 2 aromatic heterocycles. The molecule has 1 unspecified atom stereocenters. The van der Waals surface area contributed by atoms with Crippen LogP contribution in [0.3, 0.4) is 0 Å². The van der Waals surface area contributed by atoms with Crippen molar-refractivity contribution in [2.45, 2.75) is 38.7 Å². The first kappa shape index (κ1) is 20.8. The van der Waals surface area contributed by atoms with Crippen molar-refractivity contribution in [3.8, 4) is 5.88 Å². The molecular formula is C25H30N4O3. The lowest BCUT2D eigenvalue weighted by atomic mass is 9.89. The van der Waals surface area contributed by atoms with Crippen LogP contribution in [0.2, 0.25) is 0 Å². The summed E-state index contributed by atoms with van der Waals surface area (Å²) in [6, 6.07) is 7.81. The van der Waals surface area contributed by atoms with Gasteiger partial charge in [-0.2, -0.15) is 0 Å². The lowest BCUT2D eigenvalue weighted by Crippen LogP contribution is -2.39. The summed E-state index contributed by atoms with van der Waals surface area (Å²) in [4.78, 5) is 21.8. The van der Waals surface area contributed by atoms with E-state index >= 15 is 0 Å². The molecule has 1 amide bonds. The fraction of sp³-hybridized carbons (Fsp3) is 0.400. The molecule has 1 aliphatic carbocycles. The Bertz CT molecular complexity index is 1180. The van der Waals surface area contributed by atoms with Crippen LogP contribution in [0, 0.1) is 6.92 Å². The molecular weight excluding hydrogens is 404 g/mol. The van der Waals surface area contributed by atoms with Crippen molar-refractivity contribution < 1.29 is 15.0 Å². The number of carbonyl (C=O) groups excluding carboxylic acids is 1.